The Kier molecular flexibility index (Phi) is 7.17. The van der Waals surface area contributed by atoms with Crippen LogP contribution in [0.4, 0.5) is 4.79 Å². The fourth-order valence-electron chi connectivity index (χ4n) is 1.65. The molecule has 110 valence electrons. The molecule has 0 unspecified atom stereocenters. The minimum absolute atomic E-state index is 0.0273. The van der Waals surface area contributed by atoms with Crippen LogP contribution in [0.5, 0.6) is 5.75 Å². The summed E-state index contributed by atoms with van der Waals surface area (Å²) < 4.78 is 5.24. The van der Waals surface area contributed by atoms with Crippen LogP contribution in [-0.4, -0.2) is 36.5 Å². The second kappa shape index (κ2) is 8.96. The molecule has 1 N–H and O–H groups in total. The SMILES string of the molecule is CCCNC(=O)CN(CCC)C(=O)Oc1ccccc1. The normalized spacial score (nSPS) is 9.90. The molecule has 0 aliphatic rings. The van der Waals surface area contributed by atoms with Crippen LogP contribution in [0.25, 0.3) is 0 Å². The van der Waals surface area contributed by atoms with Gasteiger partial charge in [0.15, 0.2) is 0 Å². The van der Waals surface area contributed by atoms with Gasteiger partial charge in [0.2, 0.25) is 5.91 Å². The number of para-hydroxylation sites is 1. The summed E-state index contributed by atoms with van der Waals surface area (Å²) in [7, 11) is 0. The van der Waals surface area contributed by atoms with Gasteiger partial charge in [-0.3, -0.25) is 9.69 Å². The third-order valence-corrected chi connectivity index (χ3v) is 2.61. The lowest BCUT2D eigenvalue weighted by Gasteiger charge is -2.20. The maximum Gasteiger partial charge on any atom is 0.415 e. The van der Waals surface area contributed by atoms with Crippen LogP contribution in [0.1, 0.15) is 26.7 Å². The van der Waals surface area contributed by atoms with E-state index in [4.69, 9.17) is 4.74 Å². The van der Waals surface area contributed by atoms with E-state index in [2.05, 4.69) is 5.32 Å². The maximum absolute atomic E-state index is 12.0. The van der Waals surface area contributed by atoms with Crippen molar-refractivity contribution in [2.45, 2.75) is 26.7 Å². The predicted octanol–water partition coefficient (Wildman–Crippen LogP) is 2.42. The first-order valence-corrected chi connectivity index (χ1v) is 6.95. The van der Waals surface area contributed by atoms with Crippen LogP contribution in [0.3, 0.4) is 0 Å². The van der Waals surface area contributed by atoms with Crippen molar-refractivity contribution in [1.82, 2.24) is 10.2 Å². The fourth-order valence-corrected chi connectivity index (χ4v) is 1.65. The Hall–Kier alpha value is -2.04. The monoisotopic (exact) mass is 278 g/mol. The minimum Gasteiger partial charge on any atom is -0.410 e. The van der Waals surface area contributed by atoms with E-state index >= 15 is 0 Å². The molecule has 2 amide bonds. The maximum atomic E-state index is 12.0. The summed E-state index contributed by atoms with van der Waals surface area (Å²) in [6.45, 7) is 5.07. The number of hydrogen-bond donors (Lipinski definition) is 1. The fraction of sp³-hybridized carbons (Fsp3) is 0.467. The van der Waals surface area contributed by atoms with E-state index in [0.29, 0.717) is 18.8 Å². The van der Waals surface area contributed by atoms with Crippen LogP contribution in [-0.2, 0) is 4.79 Å². The highest BCUT2D eigenvalue weighted by Gasteiger charge is 2.18. The summed E-state index contributed by atoms with van der Waals surface area (Å²) in [5, 5.41) is 2.75. The number of ether oxygens (including phenoxy) is 1. The zero-order valence-electron chi connectivity index (χ0n) is 12.1. The molecule has 1 aromatic rings. The van der Waals surface area contributed by atoms with Crippen molar-refractivity contribution >= 4 is 12.0 Å². The van der Waals surface area contributed by atoms with Crippen LogP contribution in [0.2, 0.25) is 0 Å². The average molecular weight is 278 g/mol. The summed E-state index contributed by atoms with van der Waals surface area (Å²) in [4.78, 5) is 25.1. The van der Waals surface area contributed by atoms with Gasteiger partial charge in [-0.2, -0.15) is 0 Å². The first-order chi connectivity index (χ1) is 9.67. The van der Waals surface area contributed by atoms with Crippen molar-refractivity contribution in [3.05, 3.63) is 30.3 Å². The zero-order chi connectivity index (χ0) is 14.8. The standard InChI is InChI=1S/C15H22N2O3/c1-3-10-16-14(18)12-17(11-4-2)15(19)20-13-8-6-5-7-9-13/h5-9H,3-4,10-12H2,1-2H3,(H,16,18). The molecule has 5 heteroatoms. The highest BCUT2D eigenvalue weighted by atomic mass is 16.6. The van der Waals surface area contributed by atoms with Crippen molar-refractivity contribution in [2.24, 2.45) is 0 Å². The lowest BCUT2D eigenvalue weighted by atomic mass is 10.3. The van der Waals surface area contributed by atoms with Crippen LogP contribution in [0, 0.1) is 0 Å². The molecule has 20 heavy (non-hydrogen) atoms. The number of amides is 2. The van der Waals surface area contributed by atoms with Gasteiger partial charge in [0.1, 0.15) is 12.3 Å². The van der Waals surface area contributed by atoms with Gasteiger partial charge < -0.3 is 10.1 Å². The lowest BCUT2D eigenvalue weighted by molar-refractivity contribution is -0.121. The van der Waals surface area contributed by atoms with E-state index < -0.39 is 6.09 Å². The van der Waals surface area contributed by atoms with E-state index in [0.717, 1.165) is 12.8 Å². The molecule has 0 fully saturated rings. The average Bonchev–Trinajstić information content (AvgIpc) is 2.45. The quantitative estimate of drug-likeness (QED) is 0.833. The Morgan fingerprint density at radius 3 is 2.45 bits per heavy atom. The summed E-state index contributed by atoms with van der Waals surface area (Å²) >= 11 is 0. The largest absolute Gasteiger partial charge is 0.415 e. The minimum atomic E-state index is -0.496. The topological polar surface area (TPSA) is 58.6 Å². The van der Waals surface area contributed by atoms with Gasteiger partial charge in [-0.1, -0.05) is 32.0 Å². The molecule has 0 aromatic heterocycles. The molecule has 1 aromatic carbocycles. The van der Waals surface area contributed by atoms with Crippen molar-refractivity contribution in [2.75, 3.05) is 19.6 Å². The van der Waals surface area contributed by atoms with Gasteiger partial charge in [0, 0.05) is 13.1 Å². The number of nitrogens with one attached hydrogen (secondary N) is 1. The molecular formula is C15H22N2O3. The Morgan fingerprint density at radius 1 is 1.15 bits per heavy atom. The molecule has 0 atom stereocenters. The number of carbonyl (C=O) groups excluding carboxylic acids is 2. The zero-order valence-corrected chi connectivity index (χ0v) is 12.1. The molecule has 0 aliphatic carbocycles. The summed E-state index contributed by atoms with van der Waals surface area (Å²) in [6, 6.07) is 8.85. The molecular weight excluding hydrogens is 256 g/mol. The van der Waals surface area contributed by atoms with E-state index in [9.17, 15) is 9.59 Å². The van der Waals surface area contributed by atoms with E-state index in [1.807, 2.05) is 19.9 Å². The van der Waals surface area contributed by atoms with Crippen LogP contribution < -0.4 is 10.1 Å². The molecule has 0 saturated heterocycles. The number of hydrogen-bond acceptors (Lipinski definition) is 3. The molecule has 0 bridgehead atoms. The van der Waals surface area contributed by atoms with Crippen molar-refractivity contribution in [1.29, 1.82) is 0 Å². The molecule has 0 spiro atoms. The van der Waals surface area contributed by atoms with Crippen LogP contribution in [0.15, 0.2) is 30.3 Å². The summed E-state index contributed by atoms with van der Waals surface area (Å²) in [5.74, 6) is 0.317. The van der Waals surface area contributed by atoms with Crippen molar-refractivity contribution in [3.8, 4) is 5.75 Å². The first kappa shape index (κ1) is 16.0. The molecule has 0 heterocycles. The van der Waals surface area contributed by atoms with E-state index in [1.165, 1.54) is 4.90 Å². The predicted molar refractivity (Wildman–Crippen MR) is 77.6 cm³/mol. The molecule has 1 rings (SSSR count). The van der Waals surface area contributed by atoms with Crippen molar-refractivity contribution in [3.63, 3.8) is 0 Å². The number of nitrogens with zero attached hydrogens (tertiary/aromatic N) is 1. The molecule has 0 saturated carbocycles. The number of carbonyl (C=O) groups is 2. The Balaban J connectivity index is 2.56. The smallest absolute Gasteiger partial charge is 0.410 e. The van der Waals surface area contributed by atoms with Crippen molar-refractivity contribution < 1.29 is 14.3 Å². The van der Waals surface area contributed by atoms with E-state index in [-0.39, 0.29) is 12.5 Å². The van der Waals surface area contributed by atoms with Gasteiger partial charge in [-0.25, -0.2) is 4.79 Å². The lowest BCUT2D eigenvalue weighted by Crippen LogP contribution is -2.42. The number of rotatable bonds is 7. The van der Waals surface area contributed by atoms with E-state index in [1.54, 1.807) is 24.3 Å². The third kappa shape index (κ3) is 5.73. The molecule has 0 aliphatic heterocycles. The highest BCUT2D eigenvalue weighted by molar-refractivity contribution is 5.82. The van der Waals surface area contributed by atoms with Gasteiger partial charge in [0.25, 0.3) is 0 Å². The van der Waals surface area contributed by atoms with Crippen LogP contribution >= 0.6 is 0 Å². The second-order valence-corrected chi connectivity index (χ2v) is 4.45. The second-order valence-electron chi connectivity index (χ2n) is 4.45. The Labute approximate surface area is 119 Å². The molecule has 5 nitrogen and oxygen atoms in total. The van der Waals surface area contributed by atoms with Gasteiger partial charge in [-0.15, -0.1) is 0 Å². The number of benzene rings is 1. The summed E-state index contributed by atoms with van der Waals surface area (Å²) in [6.07, 6.45) is 1.14. The first-order valence-electron chi connectivity index (χ1n) is 6.95. The van der Waals surface area contributed by atoms with Gasteiger partial charge in [-0.05, 0) is 25.0 Å². The Morgan fingerprint density at radius 2 is 1.85 bits per heavy atom. The highest BCUT2D eigenvalue weighted by Crippen LogP contribution is 2.10. The summed E-state index contributed by atoms with van der Waals surface area (Å²) in [5.41, 5.74) is 0. The molecule has 0 radical (unpaired) electrons. The Bertz CT molecular complexity index is 420. The van der Waals surface area contributed by atoms with Gasteiger partial charge >= 0.3 is 6.09 Å². The van der Waals surface area contributed by atoms with Gasteiger partial charge in [0.05, 0.1) is 0 Å². The third-order valence-electron chi connectivity index (χ3n) is 2.61.